The predicted molar refractivity (Wildman–Crippen MR) is 64.6 cm³/mol. The van der Waals surface area contributed by atoms with Crippen molar-refractivity contribution in [1.82, 2.24) is 5.32 Å². The smallest absolute Gasteiger partial charge is 0.125 e. The van der Waals surface area contributed by atoms with Crippen molar-refractivity contribution in [2.75, 3.05) is 25.0 Å². The average molecular weight is 236 g/mol. The molecule has 2 N–H and O–H groups in total. The maximum absolute atomic E-state index is 13.3. The van der Waals surface area contributed by atoms with Crippen molar-refractivity contribution in [2.24, 2.45) is 0 Å². The summed E-state index contributed by atoms with van der Waals surface area (Å²) in [6.45, 7) is 1.80. The van der Waals surface area contributed by atoms with Gasteiger partial charge < -0.3 is 15.3 Å². The molecule has 92 valence electrons. The Morgan fingerprint density at radius 3 is 2.82 bits per heavy atom. The predicted octanol–water partition coefficient (Wildman–Crippen LogP) is 1.43. The van der Waals surface area contributed by atoms with E-state index in [9.17, 15) is 9.50 Å². The molecule has 17 heavy (non-hydrogen) atoms. The molecule has 1 saturated heterocycles. The van der Waals surface area contributed by atoms with Crippen LogP contribution in [0.15, 0.2) is 18.2 Å². The zero-order valence-electron chi connectivity index (χ0n) is 9.91. The third-order valence-corrected chi connectivity index (χ3v) is 4.29. The number of aliphatic hydroxyl groups excluding tert-OH is 1. The van der Waals surface area contributed by atoms with Crippen LogP contribution in [0.25, 0.3) is 0 Å². The van der Waals surface area contributed by atoms with Crippen molar-refractivity contribution in [2.45, 2.75) is 24.5 Å². The van der Waals surface area contributed by atoms with Gasteiger partial charge in [-0.05, 0) is 38.1 Å². The highest BCUT2D eigenvalue weighted by Gasteiger charge is 2.49. The van der Waals surface area contributed by atoms with Gasteiger partial charge in [0.05, 0.1) is 5.54 Å². The molecule has 2 heterocycles. The summed E-state index contributed by atoms with van der Waals surface area (Å²) in [5.41, 5.74) is 1.44. The van der Waals surface area contributed by atoms with E-state index < -0.39 is 6.10 Å². The Hall–Kier alpha value is -1.13. The number of hydrogen-bond donors (Lipinski definition) is 2. The van der Waals surface area contributed by atoms with Crippen LogP contribution < -0.4 is 10.2 Å². The van der Waals surface area contributed by atoms with Crippen molar-refractivity contribution in [3.63, 3.8) is 0 Å². The summed E-state index contributed by atoms with van der Waals surface area (Å²) in [6, 6.07) is 4.66. The second kappa shape index (κ2) is 3.68. The van der Waals surface area contributed by atoms with Crippen molar-refractivity contribution < 1.29 is 9.50 Å². The lowest BCUT2D eigenvalue weighted by atomic mass is 9.82. The van der Waals surface area contributed by atoms with E-state index in [4.69, 9.17) is 0 Å². The van der Waals surface area contributed by atoms with Gasteiger partial charge in [0.2, 0.25) is 0 Å². The summed E-state index contributed by atoms with van der Waals surface area (Å²) in [5.74, 6) is -0.242. The van der Waals surface area contributed by atoms with Gasteiger partial charge in [0.15, 0.2) is 0 Å². The highest BCUT2D eigenvalue weighted by Crippen LogP contribution is 2.49. The Balaban J connectivity index is 2.07. The molecule has 3 rings (SSSR count). The van der Waals surface area contributed by atoms with Gasteiger partial charge in [-0.1, -0.05) is 6.07 Å². The molecule has 0 saturated carbocycles. The lowest BCUT2D eigenvalue weighted by Crippen LogP contribution is -2.53. The second-order valence-electron chi connectivity index (χ2n) is 5.02. The number of piperidine rings is 1. The third-order valence-electron chi connectivity index (χ3n) is 4.29. The molecule has 0 aromatic heterocycles. The van der Waals surface area contributed by atoms with Gasteiger partial charge in [0, 0.05) is 18.3 Å². The molecule has 0 aliphatic carbocycles. The van der Waals surface area contributed by atoms with Crippen LogP contribution in [0.2, 0.25) is 0 Å². The summed E-state index contributed by atoms with van der Waals surface area (Å²) < 4.78 is 13.3. The summed E-state index contributed by atoms with van der Waals surface area (Å²) >= 11 is 0. The zero-order valence-corrected chi connectivity index (χ0v) is 9.91. The number of nitrogens with zero attached hydrogens (tertiary/aromatic N) is 1. The normalized spacial score (nSPS) is 26.3. The Morgan fingerprint density at radius 2 is 2.12 bits per heavy atom. The van der Waals surface area contributed by atoms with E-state index in [0.717, 1.165) is 37.2 Å². The molecule has 1 aromatic carbocycles. The number of rotatable bonds is 0. The summed E-state index contributed by atoms with van der Waals surface area (Å²) in [6.07, 6.45) is 1.27. The topological polar surface area (TPSA) is 35.5 Å². The lowest BCUT2D eigenvalue weighted by Gasteiger charge is -2.43. The van der Waals surface area contributed by atoms with Crippen LogP contribution in [0.5, 0.6) is 0 Å². The largest absolute Gasteiger partial charge is 0.386 e. The molecule has 1 atom stereocenters. The van der Waals surface area contributed by atoms with Crippen molar-refractivity contribution in [3.05, 3.63) is 29.6 Å². The first kappa shape index (κ1) is 11.0. The number of hydrogen-bond acceptors (Lipinski definition) is 3. The van der Waals surface area contributed by atoms with E-state index in [1.807, 2.05) is 7.05 Å². The van der Waals surface area contributed by atoms with Gasteiger partial charge in [-0.15, -0.1) is 0 Å². The average Bonchev–Trinajstić information content (AvgIpc) is 2.54. The minimum Gasteiger partial charge on any atom is -0.386 e. The third kappa shape index (κ3) is 1.40. The Labute approximate surface area is 100 Å². The number of benzene rings is 1. The van der Waals surface area contributed by atoms with Gasteiger partial charge >= 0.3 is 0 Å². The molecule has 0 radical (unpaired) electrons. The van der Waals surface area contributed by atoms with Crippen LogP contribution in [0.3, 0.4) is 0 Å². The van der Waals surface area contributed by atoms with Crippen LogP contribution in [-0.4, -0.2) is 30.8 Å². The molecular formula is C13H17FN2O. The summed E-state index contributed by atoms with van der Waals surface area (Å²) in [4.78, 5) is 2.07. The number of likely N-dealkylation sites (N-methyl/N-ethyl adjacent to an activating group) is 1. The van der Waals surface area contributed by atoms with E-state index in [1.54, 1.807) is 6.07 Å². The molecule has 2 aliphatic heterocycles. The molecular weight excluding hydrogens is 219 g/mol. The van der Waals surface area contributed by atoms with Gasteiger partial charge in [-0.3, -0.25) is 0 Å². The number of aliphatic hydroxyl groups is 1. The van der Waals surface area contributed by atoms with E-state index in [0.29, 0.717) is 0 Å². The number of nitrogens with one attached hydrogen (secondary N) is 1. The fraction of sp³-hybridized carbons (Fsp3) is 0.538. The summed E-state index contributed by atoms with van der Waals surface area (Å²) in [7, 11) is 1.96. The van der Waals surface area contributed by atoms with Gasteiger partial charge in [-0.25, -0.2) is 4.39 Å². The minimum atomic E-state index is -0.509. The van der Waals surface area contributed by atoms with Crippen LogP contribution >= 0.6 is 0 Å². The summed E-state index contributed by atoms with van der Waals surface area (Å²) in [5, 5.41) is 13.8. The van der Waals surface area contributed by atoms with E-state index in [2.05, 4.69) is 10.2 Å². The van der Waals surface area contributed by atoms with Gasteiger partial charge in [0.1, 0.15) is 11.9 Å². The highest BCUT2D eigenvalue weighted by molar-refractivity contribution is 5.63. The monoisotopic (exact) mass is 236 g/mol. The maximum Gasteiger partial charge on any atom is 0.125 e. The van der Waals surface area contributed by atoms with Crippen LogP contribution in [-0.2, 0) is 0 Å². The first-order valence-electron chi connectivity index (χ1n) is 6.07. The standard InChI is InChI=1S/C13H17FN2O/c1-16-11-8-9(14)2-3-10(11)12(17)13(16)4-6-15-7-5-13/h2-3,8,12,15,17H,4-7H2,1H3. The van der Waals surface area contributed by atoms with Crippen LogP contribution in [0, 0.1) is 5.82 Å². The van der Waals surface area contributed by atoms with Crippen LogP contribution in [0.4, 0.5) is 10.1 Å². The molecule has 1 aromatic rings. The van der Waals surface area contributed by atoms with Crippen molar-refractivity contribution >= 4 is 5.69 Å². The number of anilines is 1. The molecule has 1 unspecified atom stereocenters. The molecule has 0 amide bonds. The molecule has 1 spiro atoms. The number of halogens is 1. The fourth-order valence-electron chi connectivity index (χ4n) is 3.22. The lowest BCUT2D eigenvalue weighted by molar-refractivity contribution is 0.0734. The highest BCUT2D eigenvalue weighted by atomic mass is 19.1. The Kier molecular flexibility index (Phi) is 2.38. The first-order chi connectivity index (χ1) is 8.15. The first-order valence-corrected chi connectivity index (χ1v) is 6.07. The molecule has 2 aliphatic rings. The molecule has 1 fully saturated rings. The van der Waals surface area contributed by atoms with E-state index in [1.165, 1.54) is 12.1 Å². The fourth-order valence-corrected chi connectivity index (χ4v) is 3.22. The molecule has 4 heteroatoms. The SMILES string of the molecule is CN1c2cc(F)ccc2C(O)C12CCNCC2. The van der Waals surface area contributed by atoms with Gasteiger partial charge in [-0.2, -0.15) is 0 Å². The second-order valence-corrected chi connectivity index (χ2v) is 5.02. The molecule has 3 nitrogen and oxygen atoms in total. The quantitative estimate of drug-likeness (QED) is 0.715. The van der Waals surface area contributed by atoms with Crippen molar-refractivity contribution in [3.8, 4) is 0 Å². The van der Waals surface area contributed by atoms with Crippen molar-refractivity contribution in [1.29, 1.82) is 0 Å². The zero-order chi connectivity index (χ0) is 12.0. The van der Waals surface area contributed by atoms with Crippen LogP contribution in [0.1, 0.15) is 24.5 Å². The Bertz CT molecular complexity index is 443. The maximum atomic E-state index is 13.3. The Morgan fingerprint density at radius 1 is 1.41 bits per heavy atom. The molecule has 0 bridgehead atoms. The number of fused-ring (bicyclic) bond motifs is 1. The van der Waals surface area contributed by atoms with E-state index >= 15 is 0 Å². The minimum absolute atomic E-state index is 0.242. The van der Waals surface area contributed by atoms with E-state index in [-0.39, 0.29) is 11.4 Å². The van der Waals surface area contributed by atoms with Gasteiger partial charge in [0.25, 0.3) is 0 Å².